The molecule has 8 heteroatoms. The number of aliphatic carboxylic acids is 4. The van der Waals surface area contributed by atoms with Crippen LogP contribution in [0.3, 0.4) is 0 Å². The lowest BCUT2D eigenvalue weighted by Gasteiger charge is -2.47. The van der Waals surface area contributed by atoms with Gasteiger partial charge in [-0.15, -0.1) is 0 Å². The van der Waals surface area contributed by atoms with Crippen LogP contribution >= 0.6 is 0 Å². The molecule has 4 aromatic rings. The molecule has 0 aromatic heterocycles. The number of hydrogen-bond donors (Lipinski definition) is 4. The van der Waals surface area contributed by atoms with Gasteiger partial charge in [0.2, 0.25) is 0 Å². The van der Waals surface area contributed by atoms with Crippen LogP contribution in [0.15, 0.2) is 97.1 Å². The maximum Gasteiger partial charge on any atom is 0.306 e. The Bertz CT molecular complexity index is 1920. The van der Waals surface area contributed by atoms with Gasteiger partial charge in [-0.2, -0.15) is 0 Å². The fourth-order valence-electron chi connectivity index (χ4n) is 10.4. The molecular formula is C48H56O8. The van der Waals surface area contributed by atoms with E-state index >= 15 is 0 Å². The molecule has 0 amide bonds. The molecule has 296 valence electrons. The maximum atomic E-state index is 12.2. The van der Waals surface area contributed by atoms with E-state index in [1.807, 2.05) is 102 Å². The average Bonchev–Trinajstić information content (AvgIpc) is 3.64. The SMILES string of the molecule is CCC(C(=O)O)C(C)C1(C(C)C(CC)C(=O)O)c2ccccc2-c2ccccc21.CCC(CC1(CC(CC)C(=O)O)c2ccccc2-c2ccccc21)C(=O)O. The van der Waals surface area contributed by atoms with Crippen molar-refractivity contribution in [3.8, 4) is 22.3 Å². The molecule has 4 N–H and O–H groups in total. The second kappa shape index (κ2) is 17.3. The van der Waals surface area contributed by atoms with E-state index in [4.69, 9.17) is 0 Å². The second-order valence-corrected chi connectivity index (χ2v) is 15.7. The largest absolute Gasteiger partial charge is 0.481 e. The fraction of sp³-hybridized carbons (Fsp3) is 0.417. The molecule has 6 rings (SSSR count). The highest BCUT2D eigenvalue weighted by atomic mass is 16.4. The molecular weight excluding hydrogens is 705 g/mol. The number of benzene rings is 4. The molecule has 4 aromatic carbocycles. The summed E-state index contributed by atoms with van der Waals surface area (Å²) in [7, 11) is 0. The summed E-state index contributed by atoms with van der Waals surface area (Å²) in [6, 6.07) is 32.3. The van der Waals surface area contributed by atoms with Crippen molar-refractivity contribution in [2.75, 3.05) is 0 Å². The Balaban J connectivity index is 0.000000215. The number of carboxylic acids is 4. The van der Waals surface area contributed by atoms with Crippen LogP contribution in [0.4, 0.5) is 0 Å². The summed E-state index contributed by atoms with van der Waals surface area (Å²) in [6.45, 7) is 11.5. The summed E-state index contributed by atoms with van der Waals surface area (Å²) in [5.41, 5.74) is 7.32. The molecule has 8 nitrogen and oxygen atoms in total. The van der Waals surface area contributed by atoms with Gasteiger partial charge in [0.25, 0.3) is 0 Å². The van der Waals surface area contributed by atoms with Gasteiger partial charge >= 0.3 is 23.9 Å². The summed E-state index contributed by atoms with van der Waals surface area (Å²) < 4.78 is 0. The lowest BCUT2D eigenvalue weighted by molar-refractivity contribution is -0.147. The van der Waals surface area contributed by atoms with Crippen LogP contribution in [0, 0.1) is 35.5 Å². The average molecular weight is 761 g/mol. The molecule has 6 unspecified atom stereocenters. The molecule has 0 heterocycles. The molecule has 0 spiro atoms. The molecule has 0 saturated heterocycles. The zero-order chi connectivity index (χ0) is 40.9. The number of hydrogen-bond acceptors (Lipinski definition) is 4. The highest BCUT2D eigenvalue weighted by Gasteiger charge is 2.55. The van der Waals surface area contributed by atoms with Crippen LogP contribution in [0.5, 0.6) is 0 Å². The predicted octanol–water partition coefficient (Wildman–Crippen LogP) is 10.4. The Morgan fingerprint density at radius 3 is 1.00 bits per heavy atom. The minimum atomic E-state index is -0.822. The molecule has 0 radical (unpaired) electrons. The van der Waals surface area contributed by atoms with Crippen LogP contribution in [-0.4, -0.2) is 44.3 Å². The quantitative estimate of drug-likeness (QED) is 0.0882. The van der Waals surface area contributed by atoms with E-state index in [1.165, 1.54) is 0 Å². The topological polar surface area (TPSA) is 149 Å². The van der Waals surface area contributed by atoms with Crippen molar-refractivity contribution >= 4 is 23.9 Å². The van der Waals surface area contributed by atoms with Gasteiger partial charge in [0.15, 0.2) is 0 Å². The first-order valence-electron chi connectivity index (χ1n) is 20.1. The van der Waals surface area contributed by atoms with E-state index in [9.17, 15) is 39.6 Å². The minimum absolute atomic E-state index is 0.266. The number of fused-ring (bicyclic) bond motifs is 6. The first-order valence-corrected chi connectivity index (χ1v) is 20.1. The van der Waals surface area contributed by atoms with Crippen LogP contribution in [-0.2, 0) is 30.0 Å². The third-order valence-electron chi connectivity index (χ3n) is 13.2. The molecule has 0 aliphatic heterocycles. The Hall–Kier alpha value is -5.24. The van der Waals surface area contributed by atoms with Gasteiger partial charge < -0.3 is 20.4 Å². The fourth-order valence-corrected chi connectivity index (χ4v) is 10.4. The molecule has 2 aliphatic carbocycles. The predicted molar refractivity (Wildman–Crippen MR) is 219 cm³/mol. The number of carboxylic acid groups (broad SMARTS) is 4. The van der Waals surface area contributed by atoms with E-state index in [-0.39, 0.29) is 11.8 Å². The number of rotatable bonds is 16. The molecule has 56 heavy (non-hydrogen) atoms. The van der Waals surface area contributed by atoms with Crippen LogP contribution < -0.4 is 0 Å². The van der Waals surface area contributed by atoms with Gasteiger partial charge in [0, 0.05) is 10.8 Å². The van der Waals surface area contributed by atoms with E-state index in [1.54, 1.807) is 0 Å². The Kier molecular flexibility index (Phi) is 12.9. The Morgan fingerprint density at radius 1 is 0.446 bits per heavy atom. The number of carbonyl (C=O) groups is 4. The van der Waals surface area contributed by atoms with Crippen molar-refractivity contribution in [2.24, 2.45) is 35.5 Å². The van der Waals surface area contributed by atoms with Gasteiger partial charge in [-0.1, -0.05) is 139 Å². The van der Waals surface area contributed by atoms with E-state index in [0.29, 0.717) is 38.5 Å². The molecule has 6 atom stereocenters. The maximum absolute atomic E-state index is 12.2. The zero-order valence-corrected chi connectivity index (χ0v) is 33.4. The van der Waals surface area contributed by atoms with E-state index in [2.05, 4.69) is 36.4 Å². The van der Waals surface area contributed by atoms with Gasteiger partial charge in [-0.3, -0.25) is 19.2 Å². The summed E-state index contributed by atoms with van der Waals surface area (Å²) in [4.78, 5) is 48.1. The lowest BCUT2D eigenvalue weighted by atomic mass is 9.55. The van der Waals surface area contributed by atoms with Crippen molar-refractivity contribution in [1.82, 2.24) is 0 Å². The van der Waals surface area contributed by atoms with Crippen LogP contribution in [0.1, 0.15) is 102 Å². The van der Waals surface area contributed by atoms with Gasteiger partial charge in [-0.25, -0.2) is 0 Å². The molecule has 0 fully saturated rings. The monoisotopic (exact) mass is 760 g/mol. The zero-order valence-electron chi connectivity index (χ0n) is 33.4. The van der Waals surface area contributed by atoms with Crippen LogP contribution in [0.2, 0.25) is 0 Å². The highest BCUT2D eigenvalue weighted by Crippen LogP contribution is 2.60. The standard InChI is InChI=1S/C25H30O4.C23H26O4/c1-5-17(23(26)27)15(3)25(16(4)18(6-2)24(28)29)21-13-9-7-11-19(21)20-12-8-10-14-22(20)25;1-3-15(21(24)25)13-23(14-16(4-2)22(26)27)19-11-7-5-9-17(19)18-10-6-8-12-20(18)23/h7-18H,5-6H2,1-4H3,(H,26,27)(H,28,29);5-12,15-16H,3-4,13-14H2,1-2H3,(H,24,25)(H,26,27). The van der Waals surface area contributed by atoms with Crippen molar-refractivity contribution in [3.05, 3.63) is 119 Å². The summed E-state index contributed by atoms with van der Waals surface area (Å²) in [5, 5.41) is 39.4. The van der Waals surface area contributed by atoms with E-state index in [0.717, 1.165) is 44.5 Å². The van der Waals surface area contributed by atoms with Gasteiger partial charge in [-0.05, 0) is 94.9 Å². The van der Waals surface area contributed by atoms with Gasteiger partial charge in [0.05, 0.1) is 23.7 Å². The van der Waals surface area contributed by atoms with Gasteiger partial charge in [0.1, 0.15) is 0 Å². The lowest BCUT2D eigenvalue weighted by Crippen LogP contribution is -2.48. The summed E-state index contributed by atoms with van der Waals surface area (Å²) >= 11 is 0. The molecule has 2 aliphatic rings. The third kappa shape index (κ3) is 7.15. The third-order valence-corrected chi connectivity index (χ3v) is 13.2. The Labute approximate surface area is 330 Å². The highest BCUT2D eigenvalue weighted by molar-refractivity contribution is 5.84. The summed E-state index contributed by atoms with van der Waals surface area (Å²) in [6.07, 6.45) is 2.86. The first kappa shape index (κ1) is 41.9. The van der Waals surface area contributed by atoms with Crippen molar-refractivity contribution in [3.63, 3.8) is 0 Å². The smallest absolute Gasteiger partial charge is 0.306 e. The normalized spacial score (nSPS) is 17.2. The summed E-state index contributed by atoms with van der Waals surface area (Å²) in [5.74, 6) is -5.98. The Morgan fingerprint density at radius 2 is 0.732 bits per heavy atom. The van der Waals surface area contributed by atoms with Crippen molar-refractivity contribution in [2.45, 2.75) is 90.9 Å². The minimum Gasteiger partial charge on any atom is -0.481 e. The molecule has 0 bridgehead atoms. The second-order valence-electron chi connectivity index (χ2n) is 15.7. The van der Waals surface area contributed by atoms with E-state index < -0.39 is 58.4 Å². The first-order chi connectivity index (χ1) is 26.8. The van der Waals surface area contributed by atoms with Crippen molar-refractivity contribution < 1.29 is 39.6 Å². The van der Waals surface area contributed by atoms with Crippen molar-refractivity contribution in [1.29, 1.82) is 0 Å². The molecule has 0 saturated carbocycles. The van der Waals surface area contributed by atoms with Crippen LogP contribution in [0.25, 0.3) is 22.3 Å².